The normalized spacial score (nSPS) is 16.9. The molecule has 136 valence electrons. The monoisotopic (exact) mass is 445 g/mol. The van der Waals surface area contributed by atoms with Gasteiger partial charge in [0.2, 0.25) is 0 Å². The van der Waals surface area contributed by atoms with Crippen molar-refractivity contribution in [3.63, 3.8) is 0 Å². The van der Waals surface area contributed by atoms with E-state index < -0.39 is 0 Å². The van der Waals surface area contributed by atoms with Crippen molar-refractivity contribution in [3.05, 3.63) is 29.8 Å². The Hall–Kier alpha value is -0.980. The smallest absolute Gasteiger partial charge is 0.191 e. The molecule has 0 saturated heterocycles. The predicted molar refractivity (Wildman–Crippen MR) is 113 cm³/mol. The first-order valence-corrected chi connectivity index (χ1v) is 8.92. The van der Waals surface area contributed by atoms with Gasteiger partial charge in [-0.3, -0.25) is 4.99 Å². The number of methoxy groups -OCH3 is 1. The molecule has 0 heterocycles. The lowest BCUT2D eigenvalue weighted by Crippen LogP contribution is -2.44. The van der Waals surface area contributed by atoms with E-state index in [0.29, 0.717) is 12.0 Å². The summed E-state index contributed by atoms with van der Waals surface area (Å²) in [5, 5.41) is 6.97. The lowest BCUT2D eigenvalue weighted by molar-refractivity contribution is 0.406. The molecule has 1 fully saturated rings. The fourth-order valence-corrected chi connectivity index (χ4v) is 3.16. The van der Waals surface area contributed by atoms with Crippen LogP contribution in [0.2, 0.25) is 0 Å². The minimum Gasteiger partial charge on any atom is -0.496 e. The minimum absolute atomic E-state index is 0. The third-order valence-corrected chi connectivity index (χ3v) is 4.48. The Morgan fingerprint density at radius 3 is 2.62 bits per heavy atom. The molecule has 24 heavy (non-hydrogen) atoms. The van der Waals surface area contributed by atoms with Crippen LogP contribution in [0.4, 0.5) is 0 Å². The number of ether oxygens (including phenoxy) is 1. The van der Waals surface area contributed by atoms with E-state index in [1.807, 2.05) is 12.1 Å². The zero-order chi connectivity index (χ0) is 16.5. The first-order chi connectivity index (χ1) is 11.2. The third-order valence-electron chi connectivity index (χ3n) is 4.48. The molecule has 0 bridgehead atoms. The highest BCUT2D eigenvalue weighted by atomic mass is 127. The molecule has 2 rings (SSSR count). The second-order valence-electron chi connectivity index (χ2n) is 6.34. The summed E-state index contributed by atoms with van der Waals surface area (Å²) in [6, 6.07) is 8.78. The molecular formula is C19H32IN3O. The summed E-state index contributed by atoms with van der Waals surface area (Å²) >= 11 is 0. The van der Waals surface area contributed by atoms with Gasteiger partial charge in [-0.2, -0.15) is 0 Å². The molecule has 1 saturated carbocycles. The number of para-hydroxylation sites is 1. The zero-order valence-electron chi connectivity index (χ0n) is 15.2. The number of halogens is 1. The predicted octanol–water partition coefficient (Wildman–Crippen LogP) is 4.30. The van der Waals surface area contributed by atoms with Crippen LogP contribution in [-0.4, -0.2) is 32.2 Å². The van der Waals surface area contributed by atoms with Crippen molar-refractivity contribution >= 4 is 29.9 Å². The lowest BCUT2D eigenvalue weighted by atomic mass is 9.96. The highest BCUT2D eigenvalue weighted by molar-refractivity contribution is 14.0. The molecule has 0 amide bonds. The molecule has 0 aliphatic heterocycles. The number of guanidine groups is 1. The number of benzene rings is 1. The second-order valence-corrected chi connectivity index (χ2v) is 6.34. The van der Waals surface area contributed by atoms with Gasteiger partial charge < -0.3 is 15.4 Å². The summed E-state index contributed by atoms with van der Waals surface area (Å²) in [7, 11) is 1.73. The quantitative estimate of drug-likeness (QED) is 0.390. The Bertz CT molecular complexity index is 501. The van der Waals surface area contributed by atoms with Crippen LogP contribution >= 0.6 is 24.0 Å². The molecule has 0 aromatic heterocycles. The zero-order valence-corrected chi connectivity index (χ0v) is 17.5. The van der Waals surface area contributed by atoms with Crippen molar-refractivity contribution in [3.8, 4) is 5.75 Å². The Morgan fingerprint density at radius 1 is 1.25 bits per heavy atom. The maximum Gasteiger partial charge on any atom is 0.191 e. The van der Waals surface area contributed by atoms with Gasteiger partial charge in [0.1, 0.15) is 5.75 Å². The van der Waals surface area contributed by atoms with Gasteiger partial charge in [0.05, 0.1) is 7.11 Å². The number of hydrogen-bond acceptors (Lipinski definition) is 2. The average molecular weight is 445 g/mol. The molecule has 1 unspecified atom stereocenters. The number of nitrogens with zero attached hydrogens (tertiary/aromatic N) is 1. The average Bonchev–Trinajstić information content (AvgIpc) is 2.60. The minimum atomic E-state index is 0. The van der Waals surface area contributed by atoms with E-state index >= 15 is 0 Å². The van der Waals surface area contributed by atoms with E-state index in [9.17, 15) is 0 Å². The molecule has 1 atom stereocenters. The van der Waals surface area contributed by atoms with Crippen LogP contribution in [0.25, 0.3) is 0 Å². The van der Waals surface area contributed by atoms with Crippen LogP contribution in [0.1, 0.15) is 57.4 Å². The summed E-state index contributed by atoms with van der Waals surface area (Å²) in [5.74, 6) is 2.22. The summed E-state index contributed by atoms with van der Waals surface area (Å²) in [4.78, 5) is 4.80. The Morgan fingerprint density at radius 2 is 1.96 bits per heavy atom. The summed E-state index contributed by atoms with van der Waals surface area (Å²) in [6.45, 7) is 5.96. The number of aliphatic imine (C=N–C) groups is 1. The van der Waals surface area contributed by atoms with Gasteiger partial charge in [0.15, 0.2) is 5.96 Å². The van der Waals surface area contributed by atoms with Gasteiger partial charge in [-0.15, -0.1) is 24.0 Å². The fourth-order valence-electron chi connectivity index (χ4n) is 3.16. The first-order valence-electron chi connectivity index (χ1n) is 8.92. The second kappa shape index (κ2) is 11.6. The lowest BCUT2D eigenvalue weighted by Gasteiger charge is -2.25. The third kappa shape index (κ3) is 6.49. The van der Waals surface area contributed by atoms with E-state index in [4.69, 9.17) is 9.73 Å². The number of hydrogen-bond donors (Lipinski definition) is 2. The van der Waals surface area contributed by atoms with Crippen molar-refractivity contribution < 1.29 is 4.74 Å². The van der Waals surface area contributed by atoms with Crippen LogP contribution in [0.15, 0.2) is 29.3 Å². The molecule has 0 spiro atoms. The topological polar surface area (TPSA) is 45.7 Å². The highest BCUT2D eigenvalue weighted by Gasteiger charge is 2.15. The fraction of sp³-hybridized carbons (Fsp3) is 0.632. The molecule has 1 aliphatic carbocycles. The molecule has 1 aromatic carbocycles. The Labute approximate surface area is 163 Å². The number of rotatable bonds is 6. The maximum absolute atomic E-state index is 5.46. The van der Waals surface area contributed by atoms with E-state index in [-0.39, 0.29) is 24.0 Å². The van der Waals surface area contributed by atoms with Crippen molar-refractivity contribution in [1.82, 2.24) is 10.6 Å². The van der Waals surface area contributed by atoms with Crippen molar-refractivity contribution in [2.24, 2.45) is 4.99 Å². The molecule has 5 heteroatoms. The Kier molecular flexibility index (Phi) is 10.1. The van der Waals surface area contributed by atoms with Crippen LogP contribution in [0.3, 0.4) is 0 Å². The standard InChI is InChI=1S/C19H31N3O.HI/c1-4-20-19(22-16-10-6-5-7-11-16)21-14-15(2)17-12-8-9-13-18(17)23-3;/h8-9,12-13,15-16H,4-7,10-11,14H2,1-3H3,(H2,20,21,22);1H. The molecular weight excluding hydrogens is 413 g/mol. The van der Waals surface area contributed by atoms with Crippen LogP contribution in [0, 0.1) is 0 Å². The van der Waals surface area contributed by atoms with Crippen LogP contribution in [0.5, 0.6) is 5.75 Å². The van der Waals surface area contributed by atoms with Crippen molar-refractivity contribution in [1.29, 1.82) is 0 Å². The van der Waals surface area contributed by atoms with Gasteiger partial charge in [0, 0.05) is 25.0 Å². The molecule has 2 N–H and O–H groups in total. The van der Waals surface area contributed by atoms with E-state index in [0.717, 1.165) is 24.8 Å². The van der Waals surface area contributed by atoms with Gasteiger partial charge in [0.25, 0.3) is 0 Å². The maximum atomic E-state index is 5.46. The van der Waals surface area contributed by atoms with Gasteiger partial charge in [-0.25, -0.2) is 0 Å². The van der Waals surface area contributed by atoms with Crippen molar-refractivity contribution in [2.75, 3.05) is 20.2 Å². The molecule has 1 aromatic rings. The van der Waals surface area contributed by atoms with E-state index in [1.165, 1.54) is 37.7 Å². The van der Waals surface area contributed by atoms with E-state index in [1.54, 1.807) is 7.11 Å². The van der Waals surface area contributed by atoms with Crippen LogP contribution in [-0.2, 0) is 0 Å². The molecule has 1 aliphatic rings. The summed E-state index contributed by atoms with van der Waals surface area (Å²) in [5.41, 5.74) is 1.22. The largest absolute Gasteiger partial charge is 0.496 e. The molecule has 0 radical (unpaired) electrons. The van der Waals surface area contributed by atoms with Gasteiger partial charge in [-0.1, -0.05) is 44.4 Å². The molecule has 4 nitrogen and oxygen atoms in total. The Balaban J connectivity index is 0.00000288. The van der Waals surface area contributed by atoms with Gasteiger partial charge >= 0.3 is 0 Å². The SMILES string of the molecule is CCNC(=NCC(C)c1ccccc1OC)NC1CCCCC1.I. The van der Waals surface area contributed by atoms with Gasteiger partial charge in [-0.05, 0) is 31.4 Å². The summed E-state index contributed by atoms with van der Waals surface area (Å²) < 4.78 is 5.46. The summed E-state index contributed by atoms with van der Waals surface area (Å²) in [6.07, 6.45) is 6.54. The van der Waals surface area contributed by atoms with E-state index in [2.05, 4.69) is 36.6 Å². The first kappa shape index (κ1) is 21.1. The van der Waals surface area contributed by atoms with Crippen molar-refractivity contribution in [2.45, 2.75) is 57.9 Å². The van der Waals surface area contributed by atoms with Crippen LogP contribution < -0.4 is 15.4 Å². The number of nitrogens with one attached hydrogen (secondary N) is 2. The highest BCUT2D eigenvalue weighted by Crippen LogP contribution is 2.26.